The van der Waals surface area contributed by atoms with Crippen LogP contribution in [-0.4, -0.2) is 37.8 Å². The van der Waals surface area contributed by atoms with Crippen LogP contribution in [0.15, 0.2) is 35.7 Å². The molecule has 0 bridgehead atoms. The third-order valence-corrected chi connectivity index (χ3v) is 7.57. The van der Waals surface area contributed by atoms with Gasteiger partial charge in [-0.05, 0) is 49.8 Å². The van der Waals surface area contributed by atoms with Crippen LogP contribution in [0.3, 0.4) is 0 Å². The van der Waals surface area contributed by atoms with Gasteiger partial charge in [0.2, 0.25) is 5.91 Å². The molecule has 1 aromatic carbocycles. The number of fused-ring (bicyclic) bond motifs is 5. The van der Waals surface area contributed by atoms with Gasteiger partial charge in [0.05, 0.1) is 23.4 Å². The molecule has 0 saturated carbocycles. The van der Waals surface area contributed by atoms with Gasteiger partial charge in [-0.25, -0.2) is 4.98 Å². The zero-order chi connectivity index (χ0) is 21.4. The summed E-state index contributed by atoms with van der Waals surface area (Å²) < 4.78 is 7.48. The number of nitrogens with one attached hydrogen (secondary N) is 1. The zero-order valence-corrected chi connectivity index (χ0v) is 19.1. The molecule has 160 valence electrons. The molecule has 0 spiro atoms. The summed E-state index contributed by atoms with van der Waals surface area (Å²) in [6, 6.07) is 7.44. The predicted molar refractivity (Wildman–Crippen MR) is 124 cm³/mol. The summed E-state index contributed by atoms with van der Waals surface area (Å²) in [6.07, 6.45) is 5.14. The number of ether oxygens (including phenoxy) is 1. The third kappa shape index (κ3) is 3.87. The number of hydrogen-bond acceptors (Lipinski definition) is 7. The van der Waals surface area contributed by atoms with Crippen LogP contribution in [-0.2, 0) is 17.6 Å². The van der Waals surface area contributed by atoms with E-state index in [1.807, 2.05) is 35.6 Å². The van der Waals surface area contributed by atoms with Gasteiger partial charge in [-0.15, -0.1) is 21.5 Å². The van der Waals surface area contributed by atoms with Crippen molar-refractivity contribution in [3.8, 4) is 5.75 Å². The van der Waals surface area contributed by atoms with Crippen LogP contribution < -0.4 is 10.1 Å². The molecule has 1 aliphatic rings. The van der Waals surface area contributed by atoms with E-state index in [9.17, 15) is 4.79 Å². The Balaban J connectivity index is 1.36. The van der Waals surface area contributed by atoms with Crippen LogP contribution in [0.1, 0.15) is 30.7 Å². The van der Waals surface area contributed by atoms with E-state index in [0.29, 0.717) is 29.1 Å². The van der Waals surface area contributed by atoms with Crippen LogP contribution >= 0.6 is 23.1 Å². The number of carbonyl (C=O) groups is 1. The van der Waals surface area contributed by atoms with Gasteiger partial charge in [-0.2, -0.15) is 0 Å². The molecule has 1 amide bonds. The molecule has 9 heteroatoms. The summed E-state index contributed by atoms with van der Waals surface area (Å²) in [7, 11) is 0. The van der Waals surface area contributed by atoms with E-state index in [4.69, 9.17) is 4.74 Å². The number of benzene rings is 1. The Bertz CT molecular complexity index is 1270. The van der Waals surface area contributed by atoms with Crippen molar-refractivity contribution in [2.24, 2.45) is 5.92 Å². The number of aryl methyl sites for hydroxylation is 1. The maximum atomic E-state index is 12.5. The number of thiophene rings is 1. The molecule has 0 saturated heterocycles. The fourth-order valence-corrected chi connectivity index (χ4v) is 6.03. The molecule has 1 aliphatic carbocycles. The minimum atomic E-state index is -0.121. The Kier molecular flexibility index (Phi) is 5.54. The molecule has 31 heavy (non-hydrogen) atoms. The zero-order valence-electron chi connectivity index (χ0n) is 17.4. The number of thioether (sulfide) groups is 1. The van der Waals surface area contributed by atoms with Crippen molar-refractivity contribution in [1.29, 1.82) is 0 Å². The second kappa shape index (κ2) is 8.47. The Morgan fingerprint density at radius 2 is 2.23 bits per heavy atom. The highest BCUT2D eigenvalue weighted by molar-refractivity contribution is 7.99. The summed E-state index contributed by atoms with van der Waals surface area (Å²) in [4.78, 5) is 19.7. The van der Waals surface area contributed by atoms with Crippen LogP contribution in [0.2, 0.25) is 0 Å². The molecule has 0 fully saturated rings. The number of amides is 1. The summed E-state index contributed by atoms with van der Waals surface area (Å²) in [5.74, 6) is 1.48. The van der Waals surface area contributed by atoms with Gasteiger partial charge in [0.15, 0.2) is 10.8 Å². The van der Waals surface area contributed by atoms with E-state index in [1.165, 1.54) is 28.6 Å². The molecule has 0 radical (unpaired) electrons. The summed E-state index contributed by atoms with van der Waals surface area (Å²) >= 11 is 3.13. The minimum absolute atomic E-state index is 0.121. The fourth-order valence-electron chi connectivity index (χ4n) is 3.99. The maximum absolute atomic E-state index is 12.5. The van der Waals surface area contributed by atoms with Gasteiger partial charge in [0.25, 0.3) is 0 Å². The van der Waals surface area contributed by atoms with Gasteiger partial charge in [0, 0.05) is 4.88 Å². The van der Waals surface area contributed by atoms with E-state index < -0.39 is 0 Å². The van der Waals surface area contributed by atoms with Gasteiger partial charge >= 0.3 is 0 Å². The predicted octanol–water partition coefficient (Wildman–Crippen LogP) is 4.59. The summed E-state index contributed by atoms with van der Waals surface area (Å²) in [6.45, 7) is 4.76. The van der Waals surface area contributed by atoms with E-state index in [0.717, 1.165) is 28.7 Å². The van der Waals surface area contributed by atoms with Crippen molar-refractivity contribution in [3.63, 3.8) is 0 Å². The van der Waals surface area contributed by atoms with Crippen molar-refractivity contribution in [2.75, 3.05) is 17.7 Å². The number of nitrogens with zero attached hydrogens (tertiary/aromatic N) is 4. The van der Waals surface area contributed by atoms with E-state index in [1.54, 1.807) is 17.7 Å². The number of rotatable bonds is 6. The van der Waals surface area contributed by atoms with Gasteiger partial charge in [0.1, 0.15) is 16.9 Å². The summed E-state index contributed by atoms with van der Waals surface area (Å²) in [5.41, 5.74) is 2.88. The number of anilines is 1. The molecular weight excluding hydrogens is 430 g/mol. The average molecular weight is 454 g/mol. The first-order chi connectivity index (χ1) is 15.1. The lowest BCUT2D eigenvalue weighted by atomic mass is 9.89. The lowest BCUT2D eigenvalue weighted by Crippen LogP contribution is -2.15. The van der Waals surface area contributed by atoms with Crippen molar-refractivity contribution < 1.29 is 9.53 Å². The van der Waals surface area contributed by atoms with Crippen molar-refractivity contribution in [2.45, 2.75) is 38.3 Å². The van der Waals surface area contributed by atoms with Crippen LogP contribution in [0.25, 0.3) is 15.9 Å². The first-order valence-electron chi connectivity index (χ1n) is 10.4. The summed E-state index contributed by atoms with van der Waals surface area (Å²) in [5, 5.41) is 13.5. The van der Waals surface area contributed by atoms with E-state index >= 15 is 0 Å². The Morgan fingerprint density at radius 1 is 1.35 bits per heavy atom. The molecule has 3 aromatic heterocycles. The van der Waals surface area contributed by atoms with Crippen LogP contribution in [0, 0.1) is 5.92 Å². The number of hydrogen-bond donors (Lipinski definition) is 1. The third-order valence-electron chi connectivity index (χ3n) is 5.47. The molecule has 1 N–H and O–H groups in total. The monoisotopic (exact) mass is 453 g/mol. The number of para-hydroxylation sites is 2. The highest BCUT2D eigenvalue weighted by Crippen LogP contribution is 2.39. The molecule has 4 aromatic rings. The molecule has 1 atom stereocenters. The largest absolute Gasteiger partial charge is 0.492 e. The quantitative estimate of drug-likeness (QED) is 0.430. The standard InChI is InChI=1S/C22H23N5O2S2/c1-3-29-16-7-5-4-6-15(16)24-18(28)11-30-22-26-25-20-19-14-9-8-13(2)10-17(14)31-21(19)23-12-27(20)22/h4-7,12-13H,3,8-11H2,1-2H3,(H,24,28)/t13-/m1/s1. The topological polar surface area (TPSA) is 81.4 Å². The minimum Gasteiger partial charge on any atom is -0.492 e. The van der Waals surface area contributed by atoms with Crippen molar-refractivity contribution in [3.05, 3.63) is 41.0 Å². The average Bonchev–Trinajstić information content (AvgIpc) is 3.34. The normalized spacial score (nSPS) is 15.9. The van der Waals surface area contributed by atoms with Gasteiger partial charge in [-0.3, -0.25) is 9.20 Å². The van der Waals surface area contributed by atoms with Crippen LogP contribution in [0.4, 0.5) is 5.69 Å². The molecule has 3 heterocycles. The molecule has 7 nitrogen and oxygen atoms in total. The lowest BCUT2D eigenvalue weighted by molar-refractivity contribution is -0.113. The second-order valence-corrected chi connectivity index (χ2v) is 9.74. The Hall–Kier alpha value is -2.65. The highest BCUT2D eigenvalue weighted by atomic mass is 32.2. The number of carbonyl (C=O) groups excluding carboxylic acids is 1. The first-order valence-corrected chi connectivity index (χ1v) is 12.2. The smallest absolute Gasteiger partial charge is 0.234 e. The SMILES string of the molecule is CCOc1ccccc1NC(=O)CSc1nnc2c3c4c(sc3ncn12)C[C@H](C)CC4. The van der Waals surface area contributed by atoms with E-state index in [-0.39, 0.29) is 11.7 Å². The highest BCUT2D eigenvalue weighted by Gasteiger charge is 2.24. The molecule has 0 unspecified atom stereocenters. The second-order valence-electron chi connectivity index (χ2n) is 7.72. The Morgan fingerprint density at radius 3 is 3.10 bits per heavy atom. The van der Waals surface area contributed by atoms with Gasteiger partial charge in [-0.1, -0.05) is 30.8 Å². The lowest BCUT2D eigenvalue weighted by Gasteiger charge is -2.17. The molecule has 5 rings (SSSR count). The van der Waals surface area contributed by atoms with Crippen molar-refractivity contribution >= 4 is 50.6 Å². The van der Waals surface area contributed by atoms with Crippen LogP contribution in [0.5, 0.6) is 5.75 Å². The van der Waals surface area contributed by atoms with Crippen molar-refractivity contribution in [1.82, 2.24) is 19.6 Å². The Labute approximate surface area is 188 Å². The fraction of sp³-hybridized carbons (Fsp3) is 0.364. The van der Waals surface area contributed by atoms with Gasteiger partial charge < -0.3 is 10.1 Å². The molecular formula is C22H23N5O2S2. The first kappa shape index (κ1) is 20.3. The van der Waals surface area contributed by atoms with E-state index in [2.05, 4.69) is 27.4 Å². The molecule has 0 aliphatic heterocycles. The number of aromatic nitrogens is 4. The maximum Gasteiger partial charge on any atom is 0.234 e.